The van der Waals surface area contributed by atoms with Crippen LogP contribution in [0, 0.1) is 5.92 Å². The number of hydrogen-bond acceptors (Lipinski definition) is 4. The molecule has 0 radical (unpaired) electrons. The predicted molar refractivity (Wildman–Crippen MR) is 70.4 cm³/mol. The molecule has 5 heteroatoms. The van der Waals surface area contributed by atoms with Gasteiger partial charge in [0.25, 0.3) is 0 Å². The molecule has 0 aromatic heterocycles. The lowest BCUT2D eigenvalue weighted by atomic mass is 9.88. The molecule has 1 saturated heterocycles. The third kappa shape index (κ3) is 4.14. The van der Waals surface area contributed by atoms with E-state index in [1.54, 1.807) is 11.9 Å². The van der Waals surface area contributed by atoms with Crippen LogP contribution in [0.15, 0.2) is 0 Å². The SMILES string of the molecule is CC(N)C1CCOCC1N(C)C(=O)OC(C)(C)C. The van der Waals surface area contributed by atoms with Crippen molar-refractivity contribution in [2.24, 2.45) is 11.7 Å². The minimum Gasteiger partial charge on any atom is -0.444 e. The van der Waals surface area contributed by atoms with Crippen LogP contribution in [-0.2, 0) is 9.47 Å². The van der Waals surface area contributed by atoms with Crippen LogP contribution in [-0.4, -0.2) is 48.9 Å². The van der Waals surface area contributed by atoms with E-state index in [2.05, 4.69) is 0 Å². The van der Waals surface area contributed by atoms with E-state index in [-0.39, 0.29) is 24.1 Å². The standard InChI is InChI=1S/C13H26N2O3/c1-9(14)10-6-7-17-8-11(10)15(5)12(16)18-13(2,3)4/h9-11H,6-8,14H2,1-5H3. The van der Waals surface area contributed by atoms with Crippen molar-refractivity contribution >= 4 is 6.09 Å². The molecule has 0 aliphatic carbocycles. The highest BCUT2D eigenvalue weighted by molar-refractivity contribution is 5.68. The molecule has 18 heavy (non-hydrogen) atoms. The Morgan fingerprint density at radius 3 is 2.61 bits per heavy atom. The molecule has 3 atom stereocenters. The van der Waals surface area contributed by atoms with Crippen molar-refractivity contribution in [1.29, 1.82) is 0 Å². The zero-order valence-corrected chi connectivity index (χ0v) is 12.1. The van der Waals surface area contributed by atoms with Crippen molar-refractivity contribution in [2.45, 2.75) is 51.8 Å². The Morgan fingerprint density at radius 2 is 2.11 bits per heavy atom. The second-order valence-electron chi connectivity index (χ2n) is 6.05. The van der Waals surface area contributed by atoms with Gasteiger partial charge in [0.05, 0.1) is 12.6 Å². The van der Waals surface area contributed by atoms with Crippen LogP contribution in [0.25, 0.3) is 0 Å². The van der Waals surface area contributed by atoms with Gasteiger partial charge in [-0.05, 0) is 40.0 Å². The van der Waals surface area contributed by atoms with E-state index in [9.17, 15) is 4.79 Å². The normalized spacial score (nSPS) is 26.6. The number of nitrogens with zero attached hydrogens (tertiary/aromatic N) is 1. The van der Waals surface area contributed by atoms with Gasteiger partial charge in [0.15, 0.2) is 0 Å². The van der Waals surface area contributed by atoms with Crippen LogP contribution in [0.2, 0.25) is 0 Å². The highest BCUT2D eigenvalue weighted by Gasteiger charge is 2.35. The average Bonchev–Trinajstić information content (AvgIpc) is 2.25. The summed E-state index contributed by atoms with van der Waals surface area (Å²) in [6.07, 6.45) is 0.568. The van der Waals surface area contributed by atoms with Crippen molar-refractivity contribution in [3.8, 4) is 0 Å². The number of nitrogens with two attached hydrogens (primary N) is 1. The first-order valence-electron chi connectivity index (χ1n) is 6.51. The molecular formula is C13H26N2O3. The molecule has 1 heterocycles. The fraction of sp³-hybridized carbons (Fsp3) is 0.923. The molecule has 0 bridgehead atoms. The number of ether oxygens (including phenoxy) is 2. The smallest absolute Gasteiger partial charge is 0.410 e. The Morgan fingerprint density at radius 1 is 1.50 bits per heavy atom. The lowest BCUT2D eigenvalue weighted by Crippen LogP contribution is -2.53. The molecule has 3 unspecified atom stereocenters. The van der Waals surface area contributed by atoms with Crippen molar-refractivity contribution in [3.63, 3.8) is 0 Å². The van der Waals surface area contributed by atoms with Gasteiger partial charge in [0.1, 0.15) is 5.60 Å². The second-order valence-corrected chi connectivity index (χ2v) is 6.05. The number of amides is 1. The molecule has 1 aliphatic rings. The highest BCUT2D eigenvalue weighted by Crippen LogP contribution is 2.23. The Hall–Kier alpha value is -0.810. The highest BCUT2D eigenvalue weighted by atomic mass is 16.6. The maximum Gasteiger partial charge on any atom is 0.410 e. The first-order valence-corrected chi connectivity index (χ1v) is 6.51. The topological polar surface area (TPSA) is 64.8 Å². The molecular weight excluding hydrogens is 232 g/mol. The summed E-state index contributed by atoms with van der Waals surface area (Å²) in [6, 6.07) is 0.0392. The van der Waals surface area contributed by atoms with E-state index in [0.29, 0.717) is 13.2 Å². The first-order chi connectivity index (χ1) is 8.22. The summed E-state index contributed by atoms with van der Waals surface area (Å²) in [7, 11) is 1.75. The zero-order valence-electron chi connectivity index (χ0n) is 12.1. The van der Waals surface area contributed by atoms with Gasteiger partial charge in [-0.15, -0.1) is 0 Å². The average molecular weight is 258 g/mol. The van der Waals surface area contributed by atoms with Gasteiger partial charge in [-0.3, -0.25) is 0 Å². The van der Waals surface area contributed by atoms with Gasteiger partial charge in [0.2, 0.25) is 0 Å². The summed E-state index contributed by atoms with van der Waals surface area (Å²) >= 11 is 0. The van der Waals surface area contributed by atoms with Crippen molar-refractivity contribution in [3.05, 3.63) is 0 Å². The molecule has 0 spiro atoms. The largest absolute Gasteiger partial charge is 0.444 e. The molecule has 0 saturated carbocycles. The predicted octanol–water partition coefficient (Wildman–Crippen LogP) is 1.61. The monoisotopic (exact) mass is 258 g/mol. The van der Waals surface area contributed by atoms with Crippen LogP contribution in [0.3, 0.4) is 0 Å². The molecule has 0 aromatic carbocycles. The van der Waals surface area contributed by atoms with E-state index in [0.717, 1.165) is 6.42 Å². The van der Waals surface area contributed by atoms with Gasteiger partial charge in [-0.1, -0.05) is 0 Å². The molecule has 2 N–H and O–H groups in total. The maximum atomic E-state index is 12.0. The summed E-state index contributed by atoms with van der Waals surface area (Å²) < 4.78 is 10.8. The molecule has 1 aliphatic heterocycles. The van der Waals surface area contributed by atoms with Gasteiger partial charge < -0.3 is 20.1 Å². The summed E-state index contributed by atoms with van der Waals surface area (Å²) in [6.45, 7) is 8.80. The second kappa shape index (κ2) is 5.89. The Kier molecular flexibility index (Phi) is 4.99. The summed E-state index contributed by atoms with van der Waals surface area (Å²) in [5, 5.41) is 0. The number of likely N-dealkylation sites (N-methyl/N-ethyl adjacent to an activating group) is 1. The van der Waals surface area contributed by atoms with Crippen LogP contribution in [0.5, 0.6) is 0 Å². The molecule has 106 valence electrons. The molecule has 1 fully saturated rings. The molecule has 1 amide bonds. The van der Waals surface area contributed by atoms with Gasteiger partial charge in [-0.2, -0.15) is 0 Å². The Bertz CT molecular complexity index is 286. The van der Waals surface area contributed by atoms with Gasteiger partial charge in [-0.25, -0.2) is 4.79 Å². The lowest BCUT2D eigenvalue weighted by Gasteiger charge is -2.39. The first kappa shape index (κ1) is 15.2. The summed E-state index contributed by atoms with van der Waals surface area (Å²) in [5.41, 5.74) is 5.51. The van der Waals surface area contributed by atoms with Crippen molar-refractivity contribution in [2.75, 3.05) is 20.3 Å². The Balaban J connectivity index is 2.68. The fourth-order valence-electron chi connectivity index (χ4n) is 2.22. The van der Waals surface area contributed by atoms with E-state index in [1.807, 2.05) is 27.7 Å². The van der Waals surface area contributed by atoms with E-state index in [1.165, 1.54) is 0 Å². The number of rotatable bonds is 2. The van der Waals surface area contributed by atoms with E-state index >= 15 is 0 Å². The summed E-state index contributed by atoms with van der Waals surface area (Å²) in [4.78, 5) is 13.7. The molecule has 5 nitrogen and oxygen atoms in total. The van der Waals surface area contributed by atoms with E-state index in [4.69, 9.17) is 15.2 Å². The Labute approximate surface area is 110 Å². The number of carbonyl (C=O) groups is 1. The molecule has 1 rings (SSSR count). The van der Waals surface area contributed by atoms with Crippen LogP contribution >= 0.6 is 0 Å². The number of carbonyl (C=O) groups excluding carboxylic acids is 1. The van der Waals surface area contributed by atoms with Crippen molar-refractivity contribution < 1.29 is 14.3 Å². The lowest BCUT2D eigenvalue weighted by molar-refractivity contribution is -0.0313. The quantitative estimate of drug-likeness (QED) is 0.817. The van der Waals surface area contributed by atoms with E-state index < -0.39 is 5.60 Å². The van der Waals surface area contributed by atoms with Crippen molar-refractivity contribution in [1.82, 2.24) is 4.90 Å². The fourth-order valence-corrected chi connectivity index (χ4v) is 2.22. The summed E-state index contributed by atoms with van der Waals surface area (Å²) in [5.74, 6) is 0.260. The minimum atomic E-state index is -0.481. The zero-order chi connectivity index (χ0) is 13.9. The van der Waals surface area contributed by atoms with Crippen LogP contribution < -0.4 is 5.73 Å². The molecule has 0 aromatic rings. The third-order valence-corrected chi connectivity index (χ3v) is 3.23. The number of hydrogen-bond donors (Lipinski definition) is 1. The third-order valence-electron chi connectivity index (χ3n) is 3.23. The van der Waals surface area contributed by atoms with Crippen LogP contribution in [0.1, 0.15) is 34.1 Å². The van der Waals surface area contributed by atoms with Crippen LogP contribution in [0.4, 0.5) is 4.79 Å². The van der Waals surface area contributed by atoms with Gasteiger partial charge >= 0.3 is 6.09 Å². The maximum absolute atomic E-state index is 12.0. The minimum absolute atomic E-state index is 0.00593. The van der Waals surface area contributed by atoms with Gasteiger partial charge in [0, 0.05) is 19.7 Å².